The van der Waals surface area contributed by atoms with Crippen molar-refractivity contribution in [2.24, 2.45) is 5.92 Å². The third-order valence-corrected chi connectivity index (χ3v) is 9.94. The Balaban J connectivity index is 0.000000284. The number of nitrogens with zero attached hydrogens (tertiary/aromatic N) is 3. The smallest absolute Gasteiger partial charge is 0.128 e. The SMILES string of the molecule is C=C(C(C)Cc1ccc(C)cc1)N1CCN(C(CN(CC)CC)c2ccccc2F)CC1.C=C(CC)CC1NCc2ccccc21. The van der Waals surface area contributed by atoms with Crippen molar-refractivity contribution in [2.45, 2.75) is 72.5 Å². The molecule has 3 aromatic carbocycles. The van der Waals surface area contributed by atoms with E-state index in [4.69, 9.17) is 0 Å². The van der Waals surface area contributed by atoms with Crippen LogP contribution < -0.4 is 5.32 Å². The molecular formula is C41H57FN4. The molecule has 0 aromatic heterocycles. The lowest BCUT2D eigenvalue weighted by Crippen LogP contribution is -2.50. The summed E-state index contributed by atoms with van der Waals surface area (Å²) >= 11 is 0. The Morgan fingerprint density at radius 2 is 1.57 bits per heavy atom. The van der Waals surface area contributed by atoms with E-state index in [1.165, 1.54) is 33.5 Å². The number of halogens is 1. The minimum atomic E-state index is -0.0942. The van der Waals surface area contributed by atoms with Gasteiger partial charge in [-0.15, -0.1) is 0 Å². The number of piperazine rings is 1. The zero-order chi connectivity index (χ0) is 33.1. The number of hydrogen-bond donors (Lipinski definition) is 1. The molecule has 3 aromatic rings. The molecular weight excluding hydrogens is 567 g/mol. The molecule has 46 heavy (non-hydrogen) atoms. The van der Waals surface area contributed by atoms with Gasteiger partial charge < -0.3 is 15.1 Å². The molecule has 4 nitrogen and oxygen atoms in total. The van der Waals surface area contributed by atoms with Crippen molar-refractivity contribution in [2.75, 3.05) is 45.8 Å². The van der Waals surface area contributed by atoms with Gasteiger partial charge in [0.1, 0.15) is 5.82 Å². The second-order valence-corrected chi connectivity index (χ2v) is 13.1. The largest absolute Gasteiger partial charge is 0.372 e. The highest BCUT2D eigenvalue weighted by atomic mass is 19.1. The number of allylic oxidation sites excluding steroid dienone is 1. The summed E-state index contributed by atoms with van der Waals surface area (Å²) in [6, 6.07) is 25.3. The van der Waals surface area contributed by atoms with Crippen LogP contribution >= 0.6 is 0 Å². The Kier molecular flexibility index (Phi) is 13.6. The fourth-order valence-electron chi connectivity index (χ4n) is 6.70. The van der Waals surface area contributed by atoms with Crippen LogP contribution in [0.15, 0.2) is 97.2 Å². The Labute approximate surface area is 279 Å². The van der Waals surface area contributed by atoms with Crippen LogP contribution in [0.5, 0.6) is 0 Å². The fraction of sp³-hybridized carbons (Fsp3) is 0.463. The van der Waals surface area contributed by atoms with Gasteiger partial charge in [0.15, 0.2) is 0 Å². The maximum absolute atomic E-state index is 14.7. The molecule has 2 heterocycles. The van der Waals surface area contributed by atoms with Crippen molar-refractivity contribution >= 4 is 0 Å². The number of hydrogen-bond acceptors (Lipinski definition) is 4. The van der Waals surface area contributed by atoms with Gasteiger partial charge in [-0.3, -0.25) is 4.90 Å². The minimum absolute atomic E-state index is 0.0801. The van der Waals surface area contributed by atoms with E-state index in [0.29, 0.717) is 12.0 Å². The first-order valence-corrected chi connectivity index (χ1v) is 17.4. The van der Waals surface area contributed by atoms with Crippen LogP contribution in [0.2, 0.25) is 0 Å². The Bertz CT molecular complexity index is 1390. The number of aryl methyl sites for hydroxylation is 1. The molecule has 0 saturated carbocycles. The molecule has 1 saturated heterocycles. The van der Waals surface area contributed by atoms with Crippen molar-refractivity contribution in [1.82, 2.24) is 20.0 Å². The average molecular weight is 625 g/mol. The van der Waals surface area contributed by atoms with Gasteiger partial charge in [0.2, 0.25) is 0 Å². The third-order valence-electron chi connectivity index (χ3n) is 9.94. The maximum atomic E-state index is 14.7. The summed E-state index contributed by atoms with van der Waals surface area (Å²) in [5, 5.41) is 3.53. The summed E-state index contributed by atoms with van der Waals surface area (Å²) in [7, 11) is 0. The van der Waals surface area contributed by atoms with Crippen LogP contribution in [0, 0.1) is 18.7 Å². The first-order chi connectivity index (χ1) is 22.2. The molecule has 1 fully saturated rings. The fourth-order valence-corrected chi connectivity index (χ4v) is 6.70. The van der Waals surface area contributed by atoms with E-state index in [0.717, 1.165) is 77.2 Å². The monoisotopic (exact) mass is 624 g/mol. The Hall–Kier alpha value is -3.25. The topological polar surface area (TPSA) is 21.8 Å². The van der Waals surface area contributed by atoms with Crippen molar-refractivity contribution in [3.8, 4) is 0 Å². The average Bonchev–Trinajstić information content (AvgIpc) is 3.49. The zero-order valence-corrected chi connectivity index (χ0v) is 29.1. The summed E-state index contributed by atoms with van der Waals surface area (Å²) in [5.74, 6) is 0.311. The lowest BCUT2D eigenvalue weighted by Gasteiger charge is -2.43. The van der Waals surface area contributed by atoms with Crippen LogP contribution in [0.1, 0.15) is 80.4 Å². The molecule has 0 radical (unpaired) electrons. The number of likely N-dealkylation sites (N-methyl/N-ethyl adjacent to an activating group) is 1. The Morgan fingerprint density at radius 1 is 0.913 bits per heavy atom. The molecule has 3 atom stereocenters. The van der Waals surface area contributed by atoms with E-state index in [1.807, 2.05) is 12.1 Å². The molecule has 3 unspecified atom stereocenters. The number of fused-ring (bicyclic) bond motifs is 1. The van der Waals surface area contributed by atoms with Gasteiger partial charge in [-0.25, -0.2) is 4.39 Å². The zero-order valence-electron chi connectivity index (χ0n) is 29.1. The molecule has 2 aliphatic rings. The molecule has 0 amide bonds. The quantitative estimate of drug-likeness (QED) is 0.192. The normalized spacial score (nSPS) is 17.6. The first kappa shape index (κ1) is 35.6. The van der Waals surface area contributed by atoms with Crippen LogP contribution in [0.3, 0.4) is 0 Å². The van der Waals surface area contributed by atoms with Gasteiger partial charge in [-0.05, 0) is 68.0 Å². The molecule has 248 valence electrons. The van der Waals surface area contributed by atoms with Crippen LogP contribution in [-0.2, 0) is 13.0 Å². The van der Waals surface area contributed by atoms with Crippen LogP contribution in [0.25, 0.3) is 0 Å². The molecule has 0 spiro atoms. The second kappa shape index (κ2) is 17.6. The summed E-state index contributed by atoms with van der Waals surface area (Å²) in [6.07, 6.45) is 3.17. The summed E-state index contributed by atoms with van der Waals surface area (Å²) in [4.78, 5) is 7.29. The van der Waals surface area contributed by atoms with Gasteiger partial charge in [0.05, 0.1) is 6.04 Å². The molecule has 5 heteroatoms. The van der Waals surface area contributed by atoms with E-state index in [1.54, 1.807) is 12.1 Å². The lowest BCUT2D eigenvalue weighted by atomic mass is 9.96. The number of benzene rings is 3. The molecule has 2 aliphatic heterocycles. The van der Waals surface area contributed by atoms with Crippen molar-refractivity contribution in [1.29, 1.82) is 0 Å². The lowest BCUT2D eigenvalue weighted by molar-refractivity contribution is 0.0847. The Morgan fingerprint density at radius 3 is 2.22 bits per heavy atom. The maximum Gasteiger partial charge on any atom is 0.128 e. The van der Waals surface area contributed by atoms with Gasteiger partial charge in [0, 0.05) is 56.6 Å². The summed E-state index contributed by atoms with van der Waals surface area (Å²) in [6.45, 7) is 27.0. The standard InChI is InChI=1S/C28H40FN3.C13H17N/c1-6-30(7-2)21-28(26-10-8-9-11-27(26)29)32-18-16-31(17-19-32)24(5)23(4)20-25-14-12-22(3)13-15-25;1-3-10(2)8-13-12-7-5-4-6-11(12)9-14-13/h8-15,23,28H,5-7,16-21H2,1-4H3;4-7,13-14H,2-3,8-9H2,1H3. The van der Waals surface area contributed by atoms with Crippen LogP contribution in [0.4, 0.5) is 4.39 Å². The molecule has 1 N–H and O–H groups in total. The third kappa shape index (κ3) is 9.63. The van der Waals surface area contributed by atoms with E-state index in [2.05, 4.69) is 116 Å². The second-order valence-electron chi connectivity index (χ2n) is 13.1. The van der Waals surface area contributed by atoms with Gasteiger partial charge >= 0.3 is 0 Å². The van der Waals surface area contributed by atoms with E-state index >= 15 is 0 Å². The minimum Gasteiger partial charge on any atom is -0.372 e. The van der Waals surface area contributed by atoms with Gasteiger partial charge in [0.25, 0.3) is 0 Å². The first-order valence-electron chi connectivity index (χ1n) is 17.4. The molecule has 5 rings (SSSR count). The molecule has 0 aliphatic carbocycles. The van der Waals surface area contributed by atoms with E-state index < -0.39 is 0 Å². The highest BCUT2D eigenvalue weighted by molar-refractivity contribution is 5.34. The van der Waals surface area contributed by atoms with E-state index in [9.17, 15) is 4.39 Å². The van der Waals surface area contributed by atoms with Crippen molar-refractivity contribution in [3.05, 3.63) is 131 Å². The predicted molar refractivity (Wildman–Crippen MR) is 193 cm³/mol. The highest BCUT2D eigenvalue weighted by Gasteiger charge is 2.29. The predicted octanol–water partition coefficient (Wildman–Crippen LogP) is 8.71. The van der Waals surface area contributed by atoms with Crippen molar-refractivity contribution < 1.29 is 4.39 Å². The highest BCUT2D eigenvalue weighted by Crippen LogP contribution is 2.30. The van der Waals surface area contributed by atoms with E-state index in [-0.39, 0.29) is 11.9 Å². The summed E-state index contributed by atoms with van der Waals surface area (Å²) in [5.41, 5.74) is 8.94. The van der Waals surface area contributed by atoms with Gasteiger partial charge in [-0.2, -0.15) is 0 Å². The number of rotatable bonds is 13. The summed E-state index contributed by atoms with van der Waals surface area (Å²) < 4.78 is 14.7. The molecule has 0 bridgehead atoms. The van der Waals surface area contributed by atoms with Crippen LogP contribution in [-0.4, -0.2) is 60.5 Å². The number of nitrogens with one attached hydrogen (secondary N) is 1. The van der Waals surface area contributed by atoms with Crippen molar-refractivity contribution in [3.63, 3.8) is 0 Å². The van der Waals surface area contributed by atoms with Gasteiger partial charge in [-0.1, -0.05) is 119 Å².